The monoisotopic (exact) mass is 374 g/mol. The number of nitro benzene ring substituents is 1. The summed E-state index contributed by atoms with van der Waals surface area (Å²) >= 11 is 0. The molecule has 0 saturated carbocycles. The molecule has 2 aromatic rings. The van der Waals surface area contributed by atoms with Crippen LogP contribution in [0, 0.1) is 10.1 Å². The van der Waals surface area contributed by atoms with Gasteiger partial charge in [-0.2, -0.15) is 0 Å². The van der Waals surface area contributed by atoms with Crippen LogP contribution in [0.4, 0.5) is 5.69 Å². The van der Waals surface area contributed by atoms with Gasteiger partial charge in [-0.1, -0.05) is 11.3 Å². The van der Waals surface area contributed by atoms with E-state index in [1.165, 1.54) is 18.2 Å². The van der Waals surface area contributed by atoms with Crippen LogP contribution in [-0.4, -0.2) is 55.0 Å². The first-order valence-corrected chi connectivity index (χ1v) is 8.31. The molecule has 25 heavy (non-hydrogen) atoms. The smallest absolute Gasteiger partial charge is 0.299 e. The van der Waals surface area contributed by atoms with Crippen molar-refractivity contribution in [1.82, 2.24) is 15.0 Å². The molecule has 1 aromatic heterocycles. The Morgan fingerprint density at radius 2 is 2.08 bits per heavy atom. The highest BCUT2D eigenvalue weighted by Gasteiger charge is 2.45. The zero-order valence-corrected chi connectivity index (χ0v) is 13.1. The van der Waals surface area contributed by atoms with E-state index in [1.54, 1.807) is 0 Å². The number of ether oxygens (including phenoxy) is 1. The van der Waals surface area contributed by atoms with Crippen molar-refractivity contribution in [2.45, 2.75) is 24.5 Å². The van der Waals surface area contributed by atoms with E-state index in [9.17, 15) is 34.7 Å². The number of hydrogen-bond donors (Lipinski definition) is 2. The summed E-state index contributed by atoms with van der Waals surface area (Å²) in [6, 6.07) is 4.04. The molecule has 1 aliphatic heterocycles. The van der Waals surface area contributed by atoms with Crippen molar-refractivity contribution in [2.75, 3.05) is 6.61 Å². The molecule has 136 valence electrons. The maximum Gasteiger partial charge on any atom is 0.299 e. The van der Waals surface area contributed by atoms with Crippen LogP contribution in [0.2, 0.25) is 0 Å². The average Bonchev–Trinajstić information content (AvgIpc) is 3.07. The van der Waals surface area contributed by atoms with Gasteiger partial charge < -0.3 is 33.8 Å². The van der Waals surface area contributed by atoms with Crippen molar-refractivity contribution in [3.05, 3.63) is 28.3 Å². The maximum absolute atomic E-state index is 11.0. The molecule has 2 heterocycles. The lowest BCUT2D eigenvalue weighted by Gasteiger charge is -2.30. The third-order valence-electron chi connectivity index (χ3n) is 3.65. The van der Waals surface area contributed by atoms with Gasteiger partial charge in [0.25, 0.3) is 5.69 Å². The molecule has 14 heteroatoms. The lowest BCUT2D eigenvalue weighted by atomic mass is 10.1. The summed E-state index contributed by atoms with van der Waals surface area (Å²) in [4.78, 5) is 31.4. The van der Waals surface area contributed by atoms with Gasteiger partial charge in [-0.15, -0.1) is 5.10 Å². The Hall–Kier alpha value is -1.99. The largest absolute Gasteiger partial charge is 0.790 e. The number of rotatable bonds is 5. The Morgan fingerprint density at radius 1 is 1.36 bits per heavy atom. The number of nitro groups is 1. The summed E-state index contributed by atoms with van der Waals surface area (Å²) in [5.74, 6) is 0. The normalized spacial score (nSPS) is 27.0. The van der Waals surface area contributed by atoms with E-state index >= 15 is 0 Å². The number of aliphatic hydroxyl groups excluding tert-OH is 2. The summed E-state index contributed by atoms with van der Waals surface area (Å²) in [5, 5.41) is 38.4. The van der Waals surface area contributed by atoms with E-state index in [0.717, 1.165) is 4.68 Å². The van der Waals surface area contributed by atoms with Gasteiger partial charge in [0.1, 0.15) is 18.3 Å². The molecule has 0 amide bonds. The van der Waals surface area contributed by atoms with Crippen molar-refractivity contribution < 1.29 is 38.7 Å². The third-order valence-corrected chi connectivity index (χ3v) is 4.12. The van der Waals surface area contributed by atoms with Crippen molar-refractivity contribution in [3.63, 3.8) is 0 Å². The predicted octanol–water partition coefficient (Wildman–Crippen LogP) is -2.20. The first-order valence-electron chi connectivity index (χ1n) is 6.85. The van der Waals surface area contributed by atoms with E-state index in [1.807, 2.05) is 0 Å². The van der Waals surface area contributed by atoms with Crippen LogP contribution in [0.5, 0.6) is 0 Å². The summed E-state index contributed by atoms with van der Waals surface area (Å²) in [6.07, 6.45) is -5.77. The van der Waals surface area contributed by atoms with Crippen molar-refractivity contribution >= 4 is 24.5 Å². The van der Waals surface area contributed by atoms with E-state index in [2.05, 4.69) is 14.8 Å². The molecular weight excluding hydrogens is 363 g/mol. The number of nitrogens with zero attached hydrogens (tertiary/aromatic N) is 4. The first-order chi connectivity index (χ1) is 11.7. The number of aliphatic hydroxyl groups is 2. The second-order valence-electron chi connectivity index (χ2n) is 5.23. The van der Waals surface area contributed by atoms with E-state index < -0.39 is 43.9 Å². The number of phosphoric ester groups is 1. The number of hydrogen-bond acceptors (Lipinski definition) is 11. The molecule has 0 unspecified atom stereocenters. The summed E-state index contributed by atoms with van der Waals surface area (Å²) in [6.45, 7) is -0.800. The molecule has 1 aliphatic rings. The van der Waals surface area contributed by atoms with Crippen LogP contribution in [0.15, 0.2) is 18.2 Å². The molecule has 0 radical (unpaired) electrons. The molecule has 1 fully saturated rings. The van der Waals surface area contributed by atoms with Gasteiger partial charge in [0.15, 0.2) is 11.7 Å². The molecule has 2 N–H and O–H groups in total. The van der Waals surface area contributed by atoms with E-state index in [4.69, 9.17) is 4.74 Å². The van der Waals surface area contributed by atoms with E-state index in [0.29, 0.717) is 0 Å². The maximum atomic E-state index is 11.0. The molecule has 0 aliphatic carbocycles. The van der Waals surface area contributed by atoms with Gasteiger partial charge >= 0.3 is 0 Å². The second kappa shape index (κ2) is 6.38. The highest BCUT2D eigenvalue weighted by Crippen LogP contribution is 2.34. The lowest BCUT2D eigenvalue weighted by Crippen LogP contribution is -2.34. The number of benzene rings is 1. The molecule has 13 nitrogen and oxygen atoms in total. The zero-order valence-electron chi connectivity index (χ0n) is 12.2. The Morgan fingerprint density at radius 3 is 2.72 bits per heavy atom. The predicted molar refractivity (Wildman–Crippen MR) is 73.7 cm³/mol. The molecule has 1 aromatic carbocycles. The van der Waals surface area contributed by atoms with Crippen LogP contribution in [0.3, 0.4) is 0 Å². The fourth-order valence-electron chi connectivity index (χ4n) is 2.52. The Bertz CT molecular complexity index is 851. The van der Waals surface area contributed by atoms with Gasteiger partial charge in [0.05, 0.1) is 24.9 Å². The lowest BCUT2D eigenvalue weighted by molar-refractivity contribution is -0.383. The molecule has 0 bridgehead atoms. The Balaban J connectivity index is 1.89. The third kappa shape index (κ3) is 3.39. The topological polar surface area (TPSA) is 196 Å². The molecule has 3 rings (SSSR count). The minimum atomic E-state index is -5.28. The fraction of sp³-hybridized carbons (Fsp3) is 0.455. The molecule has 0 spiro atoms. The molecule has 1 saturated heterocycles. The number of aromatic nitrogens is 3. The highest BCUT2D eigenvalue weighted by molar-refractivity contribution is 7.43. The minimum absolute atomic E-state index is 0.0545. The summed E-state index contributed by atoms with van der Waals surface area (Å²) in [5.41, 5.74) is -0.207. The quantitative estimate of drug-likeness (QED) is 0.327. The van der Waals surface area contributed by atoms with Crippen molar-refractivity contribution in [3.8, 4) is 0 Å². The van der Waals surface area contributed by atoms with Gasteiger partial charge in [0.2, 0.25) is 0 Å². The van der Waals surface area contributed by atoms with Crippen LogP contribution in [0.25, 0.3) is 11.0 Å². The number of non-ortho nitro benzene ring substituents is 1. The van der Waals surface area contributed by atoms with Crippen LogP contribution < -0.4 is 9.79 Å². The van der Waals surface area contributed by atoms with Crippen LogP contribution in [0.1, 0.15) is 6.23 Å². The summed E-state index contributed by atoms with van der Waals surface area (Å²) in [7, 11) is -5.28. The minimum Gasteiger partial charge on any atom is -0.790 e. The van der Waals surface area contributed by atoms with Crippen molar-refractivity contribution in [2.24, 2.45) is 0 Å². The highest BCUT2D eigenvalue weighted by atomic mass is 31.2. The first kappa shape index (κ1) is 17.8. The zero-order chi connectivity index (χ0) is 18.4. The standard InChI is InChI=1S/C11H13N4O9P/c16-9-7(4-23-25(20,21)22)24-11(10(9)17)14-5-2-1-3-6(15(18)19)8(5)12-13-14/h1-3,7,9-11,16-17H,4H2,(H2,20,21,22)/p-2/t7-,9-,10-,11-/m1/s1. The van der Waals surface area contributed by atoms with Crippen molar-refractivity contribution in [1.29, 1.82) is 0 Å². The average molecular weight is 374 g/mol. The van der Waals surface area contributed by atoms with E-state index in [-0.39, 0.29) is 16.7 Å². The second-order valence-corrected chi connectivity index (χ2v) is 6.38. The van der Waals surface area contributed by atoms with Crippen LogP contribution in [-0.2, 0) is 13.8 Å². The van der Waals surface area contributed by atoms with Gasteiger partial charge in [-0.05, 0) is 6.07 Å². The number of fused-ring (bicyclic) bond motifs is 1. The molecule has 4 atom stereocenters. The van der Waals surface area contributed by atoms with Gasteiger partial charge in [-0.25, -0.2) is 4.68 Å². The van der Waals surface area contributed by atoms with Gasteiger partial charge in [0, 0.05) is 6.07 Å². The Labute approximate surface area is 138 Å². The molecular formula is C11H11N4O9P-2. The fourth-order valence-corrected chi connectivity index (χ4v) is 2.85. The number of phosphoric acid groups is 1. The Kier molecular flexibility index (Phi) is 4.55. The van der Waals surface area contributed by atoms with Crippen LogP contribution >= 0.6 is 7.82 Å². The summed E-state index contributed by atoms with van der Waals surface area (Å²) < 4.78 is 20.9. The SMILES string of the molecule is O=[N+]([O-])c1cccc2c1nnn2[C@@H]1O[C@H](COP(=O)([O-])[O-])[C@@H](O)[C@H]1O. The van der Waals surface area contributed by atoms with Gasteiger partial charge in [-0.3, -0.25) is 10.1 Å².